The minimum absolute atomic E-state index is 0. The summed E-state index contributed by atoms with van der Waals surface area (Å²) in [5, 5.41) is 26.5. The molecule has 11 heteroatoms. The van der Waals surface area contributed by atoms with E-state index in [0.29, 0.717) is 18.3 Å². The number of aliphatic hydroxyl groups excluding tert-OH is 1. The Labute approximate surface area is 318 Å². The van der Waals surface area contributed by atoms with Crippen molar-refractivity contribution >= 4 is 11.9 Å². The molecule has 0 radical (unpaired) electrons. The largest absolute Gasteiger partial charge is 0.550 e. The van der Waals surface area contributed by atoms with Gasteiger partial charge in [-0.05, 0) is 26.7 Å². The zero-order valence-electron chi connectivity index (χ0n) is 34.9. The summed E-state index contributed by atoms with van der Waals surface area (Å²) in [5.41, 5.74) is 1.40. The minimum Gasteiger partial charge on any atom is -0.550 e. The third-order valence-electron chi connectivity index (χ3n) is 8.58. The van der Waals surface area contributed by atoms with E-state index < -0.39 is 11.9 Å². The predicted molar refractivity (Wildman–Crippen MR) is 207 cm³/mol. The Morgan fingerprint density at radius 2 is 0.962 bits per heavy atom. The quantitative estimate of drug-likeness (QED) is 0.0876. The molecule has 3 heterocycles. The van der Waals surface area contributed by atoms with Crippen LogP contribution >= 0.6 is 0 Å². The average molecular weight is 742 g/mol. The van der Waals surface area contributed by atoms with Crippen LogP contribution in [0.5, 0.6) is 0 Å². The van der Waals surface area contributed by atoms with Crippen molar-refractivity contribution in [2.24, 2.45) is 0 Å². The summed E-state index contributed by atoms with van der Waals surface area (Å²) in [6.45, 7) is 13.9. The smallest absolute Gasteiger partial charge is 0.130 e. The number of carboxylic acid groups (broad SMARTS) is 2. The zero-order valence-corrected chi connectivity index (χ0v) is 34.9. The number of epoxide rings is 3. The second-order valence-corrected chi connectivity index (χ2v) is 16.2. The minimum atomic E-state index is -1.08. The summed E-state index contributed by atoms with van der Waals surface area (Å²) in [6.07, 6.45) is 15.8. The van der Waals surface area contributed by atoms with E-state index >= 15 is 0 Å². The number of likely N-dealkylation sites (N-methyl/N-ethyl adjacent to an activating group) is 3. The lowest BCUT2D eigenvalue weighted by Crippen LogP contribution is -2.44. The summed E-state index contributed by atoms with van der Waals surface area (Å²) in [6, 6.07) is 10.6. The van der Waals surface area contributed by atoms with Crippen LogP contribution in [0.4, 0.5) is 0 Å². The molecule has 3 aliphatic rings. The van der Waals surface area contributed by atoms with E-state index in [4.69, 9.17) is 39.1 Å². The third kappa shape index (κ3) is 39.1. The topological polar surface area (TPSA) is 138 Å². The molecule has 3 saturated heterocycles. The van der Waals surface area contributed by atoms with E-state index in [1.54, 1.807) is 0 Å². The van der Waals surface area contributed by atoms with Crippen molar-refractivity contribution in [1.29, 1.82) is 0 Å². The van der Waals surface area contributed by atoms with Crippen LogP contribution in [0.1, 0.15) is 90.5 Å². The van der Waals surface area contributed by atoms with Gasteiger partial charge in [0.05, 0.1) is 75.3 Å². The Morgan fingerprint density at radius 3 is 1.31 bits per heavy atom. The highest BCUT2D eigenvalue weighted by atomic mass is 16.6. The van der Waals surface area contributed by atoms with Crippen LogP contribution in [0.25, 0.3) is 0 Å². The number of nitrogens with zero attached hydrogens (tertiary/aromatic N) is 3. The summed E-state index contributed by atoms with van der Waals surface area (Å²) >= 11 is 0. The number of hydrogen-bond acceptors (Lipinski definition) is 8. The van der Waals surface area contributed by atoms with E-state index in [2.05, 4.69) is 79.5 Å². The van der Waals surface area contributed by atoms with Gasteiger partial charge in [0.15, 0.2) is 0 Å². The van der Waals surface area contributed by atoms with Crippen LogP contribution in [-0.2, 0) is 30.3 Å². The number of ether oxygens (including phenoxy) is 3. The molecule has 1 aromatic carbocycles. The van der Waals surface area contributed by atoms with Crippen LogP contribution in [0.3, 0.4) is 0 Å². The standard InChI is InChI=1S/C17H36NO.C12H18NO.C7H16NO2.2C2H4O2.CH3/c1-4-5-6-7-8-9-10-11-12-13-14-18(2,3)15-17-16-19-17;1-13(2,9-12-10-14-12)8-11-6-4-3-5-7-11;1-8(2,3-4-9)5-7-6-10-7;2*1-2(3)4;/h17H,4-16H2,1-3H3;3-7,12H,8-10H2,1-2H3;7,9H,3-6H2,1-2H3;2*1H3,(H,3,4);1H3/q3*+1;;;-1/p-2. The molecule has 0 saturated carbocycles. The summed E-state index contributed by atoms with van der Waals surface area (Å²) < 4.78 is 18.7. The summed E-state index contributed by atoms with van der Waals surface area (Å²) in [5.74, 6) is -2.17. The second kappa shape index (κ2) is 29.3. The van der Waals surface area contributed by atoms with Crippen molar-refractivity contribution in [3.63, 3.8) is 0 Å². The molecule has 0 bridgehead atoms. The fourth-order valence-corrected chi connectivity index (χ4v) is 5.80. The van der Waals surface area contributed by atoms with E-state index in [9.17, 15) is 0 Å². The predicted octanol–water partition coefficient (Wildman–Crippen LogP) is 3.46. The average Bonchev–Trinajstić information content (AvgIpc) is 3.84. The highest BCUT2D eigenvalue weighted by molar-refractivity contribution is 5.60. The van der Waals surface area contributed by atoms with Gasteiger partial charge in [-0.1, -0.05) is 88.6 Å². The number of carbonyl (C=O) groups is 2. The number of carbonyl (C=O) groups excluding carboxylic acids is 2. The van der Waals surface area contributed by atoms with Gasteiger partial charge in [0.25, 0.3) is 0 Å². The molecular weight excluding hydrogens is 662 g/mol. The molecule has 0 aliphatic carbocycles. The van der Waals surface area contributed by atoms with Gasteiger partial charge in [0.2, 0.25) is 0 Å². The Morgan fingerprint density at radius 1 is 0.635 bits per heavy atom. The number of aliphatic hydroxyl groups is 1. The van der Waals surface area contributed by atoms with Crippen LogP contribution in [0.2, 0.25) is 0 Å². The van der Waals surface area contributed by atoms with Gasteiger partial charge in [-0.2, -0.15) is 0 Å². The number of carboxylic acids is 2. The number of quaternary nitrogens is 3. The third-order valence-corrected chi connectivity index (χ3v) is 8.58. The molecule has 3 fully saturated rings. The molecule has 52 heavy (non-hydrogen) atoms. The summed E-state index contributed by atoms with van der Waals surface area (Å²) in [7, 11) is 13.4. The van der Waals surface area contributed by atoms with E-state index in [1.165, 1.54) is 82.9 Å². The van der Waals surface area contributed by atoms with Gasteiger partial charge in [-0.3, -0.25) is 0 Å². The number of rotatable bonds is 21. The second-order valence-electron chi connectivity index (χ2n) is 16.2. The van der Waals surface area contributed by atoms with Crippen LogP contribution in [-0.4, -0.2) is 150 Å². The van der Waals surface area contributed by atoms with Crippen LogP contribution in [0.15, 0.2) is 30.3 Å². The lowest BCUT2D eigenvalue weighted by molar-refractivity contribution is -0.904. The van der Waals surface area contributed by atoms with Gasteiger partial charge >= 0.3 is 0 Å². The van der Waals surface area contributed by atoms with E-state index in [0.717, 1.165) is 73.3 Å². The highest BCUT2D eigenvalue weighted by Crippen LogP contribution is 2.18. The Kier molecular flexibility index (Phi) is 29.3. The first-order valence-corrected chi connectivity index (χ1v) is 19.2. The van der Waals surface area contributed by atoms with Crippen molar-refractivity contribution < 1.29 is 52.6 Å². The van der Waals surface area contributed by atoms with Crippen LogP contribution in [0, 0.1) is 7.43 Å². The van der Waals surface area contributed by atoms with Crippen molar-refractivity contribution in [1.82, 2.24) is 0 Å². The molecule has 1 aromatic rings. The normalized spacial score (nSPS) is 18.2. The van der Waals surface area contributed by atoms with Gasteiger partial charge in [-0.25, -0.2) is 0 Å². The van der Waals surface area contributed by atoms with Crippen molar-refractivity contribution in [3.8, 4) is 0 Å². The Balaban J connectivity index is 0. The maximum absolute atomic E-state index is 8.89. The first kappa shape index (κ1) is 52.0. The molecule has 3 unspecified atom stereocenters. The van der Waals surface area contributed by atoms with Crippen molar-refractivity contribution in [3.05, 3.63) is 43.3 Å². The maximum Gasteiger partial charge on any atom is 0.130 e. The molecule has 0 aromatic heterocycles. The number of aliphatic carboxylic acids is 2. The Hall–Kier alpha value is -2.12. The molecule has 4 rings (SSSR count). The first-order valence-electron chi connectivity index (χ1n) is 19.2. The monoisotopic (exact) mass is 742 g/mol. The maximum atomic E-state index is 8.89. The first-order chi connectivity index (χ1) is 23.9. The van der Waals surface area contributed by atoms with Crippen LogP contribution < -0.4 is 10.2 Å². The molecule has 0 spiro atoms. The SMILES string of the molecule is CC(=O)[O-].CC(=O)[O-].CCCCCCCCCCCC[N+](C)(C)CC1CO1.C[N+](C)(CCO)CC1CO1.C[N+](C)(Cc1ccccc1)CC1CO1.[CH3-]. The fraction of sp³-hybridized carbons (Fsp3) is 0.780. The molecule has 1 N–H and O–H groups in total. The lowest BCUT2D eigenvalue weighted by Gasteiger charge is -2.29. The zero-order chi connectivity index (χ0) is 38.8. The van der Waals surface area contributed by atoms with Gasteiger partial charge in [0, 0.05) is 17.5 Å². The molecular formula is C41H79N3O8. The van der Waals surface area contributed by atoms with Gasteiger partial charge in [-0.15, -0.1) is 0 Å². The Bertz CT molecular complexity index is 991. The number of hydrogen-bond donors (Lipinski definition) is 1. The highest BCUT2D eigenvalue weighted by Gasteiger charge is 2.32. The number of unbranched alkanes of at least 4 members (excludes halogenated alkanes) is 9. The summed E-state index contributed by atoms with van der Waals surface area (Å²) in [4.78, 5) is 17.8. The molecule has 11 nitrogen and oxygen atoms in total. The molecule has 306 valence electrons. The lowest BCUT2D eigenvalue weighted by atomic mass is 10.1. The molecule has 3 atom stereocenters. The number of benzene rings is 1. The van der Waals surface area contributed by atoms with Crippen molar-refractivity contribution in [2.75, 3.05) is 101 Å². The van der Waals surface area contributed by atoms with E-state index in [1.807, 2.05) is 0 Å². The van der Waals surface area contributed by atoms with Crippen molar-refractivity contribution in [2.45, 2.75) is 110 Å². The van der Waals surface area contributed by atoms with E-state index in [-0.39, 0.29) is 14.0 Å². The fourth-order valence-electron chi connectivity index (χ4n) is 5.80. The van der Waals surface area contributed by atoms with Gasteiger partial charge < -0.3 is 60.0 Å². The molecule has 3 aliphatic heterocycles. The molecule has 0 amide bonds. The van der Waals surface area contributed by atoms with Gasteiger partial charge in [0.1, 0.15) is 51.0 Å².